The van der Waals surface area contributed by atoms with Crippen LogP contribution in [0.2, 0.25) is 0 Å². The van der Waals surface area contributed by atoms with Crippen LogP contribution in [0, 0.1) is 6.92 Å². The number of methoxy groups -OCH3 is 1. The van der Waals surface area contributed by atoms with Gasteiger partial charge in [-0.1, -0.05) is 25.5 Å². The minimum absolute atomic E-state index is 0.248. The second kappa shape index (κ2) is 5.25. The summed E-state index contributed by atoms with van der Waals surface area (Å²) in [7, 11) is 1.43. The van der Waals surface area contributed by atoms with Gasteiger partial charge in [-0.25, -0.2) is 4.79 Å². The van der Waals surface area contributed by atoms with Gasteiger partial charge in [-0.15, -0.1) is 0 Å². The molecule has 2 aromatic rings. The Labute approximate surface area is 107 Å². The molecule has 0 unspecified atom stereocenters. The van der Waals surface area contributed by atoms with Crippen LogP contribution in [0.4, 0.5) is 0 Å². The van der Waals surface area contributed by atoms with Gasteiger partial charge in [0.05, 0.1) is 12.7 Å². The first-order chi connectivity index (χ1) is 8.69. The molecule has 0 amide bonds. The third-order valence-electron chi connectivity index (χ3n) is 3.28. The van der Waals surface area contributed by atoms with E-state index in [1.807, 2.05) is 25.1 Å². The maximum absolute atomic E-state index is 12.0. The van der Waals surface area contributed by atoms with E-state index >= 15 is 0 Å². The fourth-order valence-electron chi connectivity index (χ4n) is 2.35. The average molecular weight is 245 g/mol. The van der Waals surface area contributed by atoms with Crippen molar-refractivity contribution in [1.82, 2.24) is 4.98 Å². The number of esters is 1. The van der Waals surface area contributed by atoms with Crippen LogP contribution in [0.1, 0.15) is 41.4 Å². The number of hydrogen-bond donors (Lipinski definition) is 1. The van der Waals surface area contributed by atoms with Crippen molar-refractivity contribution in [3.8, 4) is 0 Å². The van der Waals surface area contributed by atoms with Gasteiger partial charge in [0.1, 0.15) is 0 Å². The third kappa shape index (κ3) is 2.13. The van der Waals surface area contributed by atoms with Crippen LogP contribution in [-0.4, -0.2) is 18.1 Å². The number of fused-ring (bicyclic) bond motifs is 1. The minimum atomic E-state index is -0.248. The molecule has 0 bridgehead atoms. The van der Waals surface area contributed by atoms with Gasteiger partial charge in [-0.3, -0.25) is 0 Å². The number of carbonyl (C=O) groups excluding carboxylic acids is 1. The van der Waals surface area contributed by atoms with Crippen LogP contribution < -0.4 is 0 Å². The molecule has 0 spiro atoms. The van der Waals surface area contributed by atoms with E-state index in [1.54, 1.807) is 0 Å². The molecular weight excluding hydrogens is 226 g/mol. The molecule has 0 aliphatic carbocycles. The number of carbonyl (C=O) groups is 1. The molecule has 1 heterocycles. The van der Waals surface area contributed by atoms with Gasteiger partial charge in [0, 0.05) is 16.6 Å². The molecule has 3 nitrogen and oxygen atoms in total. The summed E-state index contributed by atoms with van der Waals surface area (Å²) < 4.78 is 4.92. The fourth-order valence-corrected chi connectivity index (χ4v) is 2.35. The minimum Gasteiger partial charge on any atom is -0.465 e. The maximum atomic E-state index is 12.0. The molecule has 0 radical (unpaired) electrons. The number of H-pyrrole nitrogens is 1. The molecule has 2 rings (SSSR count). The van der Waals surface area contributed by atoms with E-state index in [4.69, 9.17) is 4.74 Å². The molecule has 18 heavy (non-hydrogen) atoms. The number of ether oxygens (including phenoxy) is 1. The maximum Gasteiger partial charge on any atom is 0.340 e. The van der Waals surface area contributed by atoms with Crippen molar-refractivity contribution in [3.63, 3.8) is 0 Å². The number of unbranched alkanes of at least 4 members (excludes halogenated alkanes) is 1. The Morgan fingerprint density at radius 3 is 2.83 bits per heavy atom. The highest BCUT2D eigenvalue weighted by Crippen LogP contribution is 2.27. The molecule has 0 fully saturated rings. The van der Waals surface area contributed by atoms with Gasteiger partial charge in [-0.2, -0.15) is 0 Å². The normalized spacial score (nSPS) is 10.8. The number of nitrogens with one attached hydrogen (secondary N) is 1. The van der Waals surface area contributed by atoms with Crippen LogP contribution >= 0.6 is 0 Å². The molecule has 0 aliphatic rings. The van der Waals surface area contributed by atoms with E-state index in [0.29, 0.717) is 5.56 Å². The number of aromatic nitrogens is 1. The first-order valence-corrected chi connectivity index (χ1v) is 6.37. The molecule has 96 valence electrons. The summed E-state index contributed by atoms with van der Waals surface area (Å²) >= 11 is 0. The number of hydrogen-bond acceptors (Lipinski definition) is 2. The fraction of sp³-hybridized carbons (Fsp3) is 0.400. The lowest BCUT2D eigenvalue weighted by Crippen LogP contribution is -2.04. The molecular formula is C15H19NO2. The summed E-state index contributed by atoms with van der Waals surface area (Å²) in [4.78, 5) is 15.3. The molecule has 1 aromatic carbocycles. The third-order valence-corrected chi connectivity index (χ3v) is 3.28. The molecule has 0 saturated carbocycles. The second-order valence-corrected chi connectivity index (χ2v) is 4.57. The molecule has 1 N–H and O–H groups in total. The molecule has 0 saturated heterocycles. The number of aromatic amines is 1. The van der Waals surface area contributed by atoms with Gasteiger partial charge in [0.25, 0.3) is 0 Å². The van der Waals surface area contributed by atoms with E-state index in [9.17, 15) is 4.79 Å². The molecule has 3 heteroatoms. The summed E-state index contributed by atoms with van der Waals surface area (Å²) in [5.74, 6) is -0.248. The largest absolute Gasteiger partial charge is 0.465 e. The SMILES string of the molecule is CCCCc1[nH]c2cccc(C)c2c1C(=O)OC. The number of benzene rings is 1. The van der Waals surface area contributed by atoms with Gasteiger partial charge >= 0.3 is 5.97 Å². The topological polar surface area (TPSA) is 42.1 Å². The lowest BCUT2D eigenvalue weighted by molar-refractivity contribution is 0.0601. The zero-order valence-corrected chi connectivity index (χ0v) is 11.2. The Morgan fingerprint density at radius 2 is 2.17 bits per heavy atom. The van der Waals surface area contributed by atoms with Crippen molar-refractivity contribution in [2.75, 3.05) is 7.11 Å². The summed E-state index contributed by atoms with van der Waals surface area (Å²) in [6.45, 7) is 4.16. The van der Waals surface area contributed by atoms with Gasteiger partial charge in [0.15, 0.2) is 0 Å². The Hall–Kier alpha value is -1.77. The van der Waals surface area contributed by atoms with Gasteiger partial charge in [0.2, 0.25) is 0 Å². The van der Waals surface area contributed by atoms with E-state index < -0.39 is 0 Å². The van der Waals surface area contributed by atoms with Crippen LogP contribution in [0.3, 0.4) is 0 Å². The van der Waals surface area contributed by atoms with Crippen molar-refractivity contribution in [2.45, 2.75) is 33.1 Å². The molecule has 1 aromatic heterocycles. The predicted molar refractivity (Wildman–Crippen MR) is 73.0 cm³/mol. The van der Waals surface area contributed by atoms with Crippen molar-refractivity contribution in [3.05, 3.63) is 35.0 Å². The van der Waals surface area contributed by atoms with Crippen molar-refractivity contribution in [1.29, 1.82) is 0 Å². The number of rotatable bonds is 4. The zero-order chi connectivity index (χ0) is 13.1. The van der Waals surface area contributed by atoms with Crippen LogP contribution in [-0.2, 0) is 11.2 Å². The summed E-state index contributed by atoms with van der Waals surface area (Å²) in [6.07, 6.45) is 3.06. The van der Waals surface area contributed by atoms with Gasteiger partial charge in [-0.05, 0) is 31.4 Å². The predicted octanol–water partition coefficient (Wildman–Crippen LogP) is 3.61. The highest BCUT2D eigenvalue weighted by Gasteiger charge is 2.19. The van der Waals surface area contributed by atoms with E-state index in [-0.39, 0.29) is 5.97 Å². The smallest absolute Gasteiger partial charge is 0.340 e. The Kier molecular flexibility index (Phi) is 3.70. The number of aryl methyl sites for hydroxylation is 2. The highest BCUT2D eigenvalue weighted by atomic mass is 16.5. The van der Waals surface area contributed by atoms with Crippen molar-refractivity contribution in [2.24, 2.45) is 0 Å². The van der Waals surface area contributed by atoms with Gasteiger partial charge < -0.3 is 9.72 Å². The Morgan fingerprint density at radius 1 is 1.39 bits per heavy atom. The Bertz CT molecular complexity index is 569. The van der Waals surface area contributed by atoms with E-state index in [2.05, 4.69) is 11.9 Å². The Balaban J connectivity index is 2.62. The first kappa shape index (κ1) is 12.7. The standard InChI is InChI=1S/C15H19NO2/c1-4-5-8-12-14(15(17)18-3)13-10(2)7-6-9-11(13)16-12/h6-7,9,16H,4-5,8H2,1-3H3. The second-order valence-electron chi connectivity index (χ2n) is 4.57. The zero-order valence-electron chi connectivity index (χ0n) is 11.2. The van der Waals surface area contributed by atoms with Crippen molar-refractivity contribution >= 4 is 16.9 Å². The molecule has 0 atom stereocenters. The van der Waals surface area contributed by atoms with Crippen LogP contribution in [0.25, 0.3) is 10.9 Å². The lowest BCUT2D eigenvalue weighted by Gasteiger charge is -2.03. The van der Waals surface area contributed by atoms with Crippen molar-refractivity contribution < 1.29 is 9.53 Å². The lowest BCUT2D eigenvalue weighted by atomic mass is 10.0. The molecule has 0 aliphatic heterocycles. The first-order valence-electron chi connectivity index (χ1n) is 6.37. The monoisotopic (exact) mass is 245 g/mol. The van der Waals surface area contributed by atoms with Crippen LogP contribution in [0.5, 0.6) is 0 Å². The quantitative estimate of drug-likeness (QED) is 0.836. The van der Waals surface area contributed by atoms with E-state index in [0.717, 1.165) is 41.4 Å². The summed E-state index contributed by atoms with van der Waals surface area (Å²) in [6, 6.07) is 6.02. The summed E-state index contributed by atoms with van der Waals surface area (Å²) in [5, 5.41) is 0.996. The highest BCUT2D eigenvalue weighted by molar-refractivity contribution is 6.06. The average Bonchev–Trinajstić information content (AvgIpc) is 2.75. The summed E-state index contributed by atoms with van der Waals surface area (Å²) in [5.41, 5.74) is 3.82. The van der Waals surface area contributed by atoms with Crippen LogP contribution in [0.15, 0.2) is 18.2 Å². The van der Waals surface area contributed by atoms with E-state index in [1.165, 1.54) is 7.11 Å².